The van der Waals surface area contributed by atoms with Gasteiger partial charge in [0.1, 0.15) is 11.9 Å². The van der Waals surface area contributed by atoms with Crippen LogP contribution in [0, 0.1) is 24.1 Å². The minimum absolute atomic E-state index is 0.0840. The van der Waals surface area contributed by atoms with Gasteiger partial charge in [-0.1, -0.05) is 48.6 Å². The first-order valence-electron chi connectivity index (χ1n) is 15.0. The summed E-state index contributed by atoms with van der Waals surface area (Å²) in [5, 5.41) is 9.19. The topological polar surface area (TPSA) is 99.8 Å². The minimum atomic E-state index is -0.692. The maximum Gasteiger partial charge on any atom is 0.243 e. The lowest BCUT2D eigenvalue weighted by Gasteiger charge is -2.40. The van der Waals surface area contributed by atoms with E-state index in [4.69, 9.17) is 4.74 Å². The Hall–Kier alpha value is -3.56. The number of ether oxygens (including phenoxy) is 1. The number of benzene rings is 2. The number of piperidine rings is 1. The van der Waals surface area contributed by atoms with E-state index in [0.717, 1.165) is 12.0 Å². The molecule has 2 aromatic rings. The number of hydrogen-bond acceptors (Lipinski definition) is 5. The molecule has 5 rings (SSSR count). The molecular formula is C33H41FN4O4. The molecule has 8 nitrogen and oxygen atoms in total. The maximum atomic E-state index is 13.9. The summed E-state index contributed by atoms with van der Waals surface area (Å²) in [5.74, 6) is -0.716. The second-order valence-electron chi connectivity index (χ2n) is 11.9. The fourth-order valence-electron chi connectivity index (χ4n) is 6.27. The largest absolute Gasteiger partial charge is 0.381 e. The summed E-state index contributed by atoms with van der Waals surface area (Å²) >= 11 is 0. The summed E-state index contributed by atoms with van der Waals surface area (Å²) in [4.78, 5) is 42.3. The molecule has 0 bridgehead atoms. The number of nitrogens with one attached hydrogen (secondary N) is 3. The van der Waals surface area contributed by atoms with Gasteiger partial charge in [-0.2, -0.15) is 0 Å². The summed E-state index contributed by atoms with van der Waals surface area (Å²) in [6.45, 7) is 4.19. The molecule has 2 saturated heterocycles. The van der Waals surface area contributed by atoms with Gasteiger partial charge in [0.2, 0.25) is 17.7 Å². The highest BCUT2D eigenvalue weighted by Crippen LogP contribution is 2.36. The second-order valence-corrected chi connectivity index (χ2v) is 11.9. The van der Waals surface area contributed by atoms with Crippen LogP contribution in [0.5, 0.6) is 0 Å². The third kappa shape index (κ3) is 7.44. The van der Waals surface area contributed by atoms with E-state index < -0.39 is 11.5 Å². The molecule has 0 radical (unpaired) electrons. The molecule has 3 N–H and O–H groups in total. The maximum absolute atomic E-state index is 13.9. The first kappa shape index (κ1) is 29.9. The fraction of sp³-hybridized carbons (Fsp3) is 0.485. The fourth-order valence-corrected chi connectivity index (χ4v) is 6.27. The van der Waals surface area contributed by atoms with Crippen molar-refractivity contribution < 1.29 is 23.5 Å². The van der Waals surface area contributed by atoms with Crippen molar-refractivity contribution in [3.05, 3.63) is 77.6 Å². The third-order valence-corrected chi connectivity index (χ3v) is 8.92. The van der Waals surface area contributed by atoms with Crippen molar-refractivity contribution in [1.82, 2.24) is 15.5 Å². The van der Waals surface area contributed by atoms with E-state index in [0.29, 0.717) is 69.7 Å². The van der Waals surface area contributed by atoms with E-state index >= 15 is 0 Å². The molecule has 42 heavy (non-hydrogen) atoms. The predicted octanol–water partition coefficient (Wildman–Crippen LogP) is 3.75. The predicted molar refractivity (Wildman–Crippen MR) is 159 cm³/mol. The van der Waals surface area contributed by atoms with Crippen molar-refractivity contribution in [2.45, 2.75) is 57.5 Å². The number of amides is 3. The molecule has 1 spiro atoms. The van der Waals surface area contributed by atoms with Crippen molar-refractivity contribution in [3.63, 3.8) is 0 Å². The number of anilines is 1. The van der Waals surface area contributed by atoms with Gasteiger partial charge < -0.3 is 20.7 Å². The number of halogens is 1. The van der Waals surface area contributed by atoms with Gasteiger partial charge >= 0.3 is 0 Å². The molecule has 0 saturated carbocycles. The molecule has 3 aliphatic rings. The van der Waals surface area contributed by atoms with Crippen LogP contribution in [0.2, 0.25) is 0 Å². The summed E-state index contributed by atoms with van der Waals surface area (Å²) in [6, 6.07) is 13.7. The van der Waals surface area contributed by atoms with E-state index in [1.165, 1.54) is 6.07 Å². The van der Waals surface area contributed by atoms with E-state index in [9.17, 15) is 18.8 Å². The lowest BCUT2D eigenvalue weighted by Crippen LogP contribution is -2.58. The van der Waals surface area contributed by atoms with E-state index in [2.05, 4.69) is 33.0 Å². The molecular weight excluding hydrogens is 535 g/mol. The number of nitrogens with zero attached hydrogens (tertiary/aromatic N) is 1. The molecule has 0 unspecified atom stereocenters. The van der Waals surface area contributed by atoms with E-state index in [1.807, 2.05) is 30.3 Å². The van der Waals surface area contributed by atoms with Gasteiger partial charge in [0.05, 0.1) is 12.0 Å². The molecule has 9 heteroatoms. The zero-order valence-electron chi connectivity index (χ0n) is 24.2. The summed E-state index contributed by atoms with van der Waals surface area (Å²) in [7, 11) is 0. The van der Waals surface area contributed by atoms with Crippen LogP contribution in [-0.2, 0) is 25.5 Å². The minimum Gasteiger partial charge on any atom is -0.381 e. The molecule has 2 aromatic carbocycles. The summed E-state index contributed by atoms with van der Waals surface area (Å²) < 4.78 is 19.5. The monoisotopic (exact) mass is 576 g/mol. The van der Waals surface area contributed by atoms with Gasteiger partial charge in [-0.3, -0.25) is 19.3 Å². The standard InChI is InChI=1S/C33H41FN4O4/c1-23-10-11-26(20-27(23)34)35-30(39)22-38-16-12-28-25(21-38)9-5-6-13-33(14-17-42-18-15-33)32(41)37-29(31(40)36-28)19-24-7-3-2-4-8-24/h2-8,10-11,20,25,28-29H,9,12-19,21-22H2,1H3,(H,35,39)(H,36,40)(H,37,41)/b6-5+/t25-,28+,29+/m0/s1. The molecule has 0 aromatic heterocycles. The van der Waals surface area contributed by atoms with E-state index in [-0.39, 0.29) is 42.0 Å². The molecule has 3 amide bonds. The first-order valence-corrected chi connectivity index (χ1v) is 15.0. The number of likely N-dealkylation sites (tertiary alicyclic amines) is 1. The lowest BCUT2D eigenvalue weighted by atomic mass is 9.75. The van der Waals surface area contributed by atoms with Crippen LogP contribution in [-0.4, -0.2) is 67.6 Å². The quantitative estimate of drug-likeness (QED) is 0.471. The Morgan fingerprint density at radius 3 is 2.64 bits per heavy atom. The smallest absolute Gasteiger partial charge is 0.243 e. The van der Waals surface area contributed by atoms with Crippen LogP contribution in [0.25, 0.3) is 0 Å². The number of fused-ring (bicyclic) bond motifs is 1. The normalized spacial score (nSPS) is 25.7. The van der Waals surface area contributed by atoms with Crippen molar-refractivity contribution in [3.8, 4) is 0 Å². The van der Waals surface area contributed by atoms with Crippen LogP contribution in [0.4, 0.5) is 10.1 Å². The molecule has 3 heterocycles. The Balaban J connectivity index is 1.31. The van der Waals surface area contributed by atoms with Crippen molar-refractivity contribution in [2.75, 3.05) is 38.2 Å². The molecule has 224 valence electrons. The highest BCUT2D eigenvalue weighted by atomic mass is 19.1. The first-order chi connectivity index (χ1) is 20.3. The van der Waals surface area contributed by atoms with Crippen LogP contribution in [0.15, 0.2) is 60.7 Å². The average Bonchev–Trinajstić information content (AvgIpc) is 2.98. The summed E-state index contributed by atoms with van der Waals surface area (Å²) in [6.07, 6.45) is 7.87. The molecule has 3 atom stereocenters. The van der Waals surface area contributed by atoms with Crippen molar-refractivity contribution in [1.29, 1.82) is 0 Å². The highest BCUT2D eigenvalue weighted by Gasteiger charge is 2.41. The van der Waals surface area contributed by atoms with Crippen LogP contribution < -0.4 is 16.0 Å². The Bertz CT molecular complexity index is 1290. The second kappa shape index (κ2) is 13.6. The van der Waals surface area contributed by atoms with Crippen molar-refractivity contribution in [2.24, 2.45) is 11.3 Å². The van der Waals surface area contributed by atoms with Gasteiger partial charge in [-0.15, -0.1) is 0 Å². The number of allylic oxidation sites excluding steroid dienone is 2. The Labute approximate surface area is 247 Å². The van der Waals surface area contributed by atoms with Crippen LogP contribution >= 0.6 is 0 Å². The third-order valence-electron chi connectivity index (χ3n) is 8.92. The Morgan fingerprint density at radius 2 is 1.88 bits per heavy atom. The molecule has 2 fully saturated rings. The van der Waals surface area contributed by atoms with Gasteiger partial charge in [-0.05, 0) is 68.2 Å². The van der Waals surface area contributed by atoms with Gasteiger partial charge in [0, 0.05) is 44.5 Å². The Kier molecular flexibility index (Phi) is 9.69. The number of rotatable bonds is 5. The van der Waals surface area contributed by atoms with Crippen LogP contribution in [0.3, 0.4) is 0 Å². The lowest BCUT2D eigenvalue weighted by molar-refractivity contribution is -0.140. The van der Waals surface area contributed by atoms with E-state index in [1.54, 1.807) is 19.1 Å². The number of hydrogen-bond donors (Lipinski definition) is 3. The highest BCUT2D eigenvalue weighted by molar-refractivity contribution is 5.92. The summed E-state index contributed by atoms with van der Waals surface area (Å²) in [5.41, 5.74) is 1.35. The number of aryl methyl sites for hydroxylation is 1. The zero-order chi connectivity index (χ0) is 29.5. The SMILES string of the molecule is Cc1ccc(NC(=O)CN2CC[C@H]3NC(=O)[C@@H](Cc4ccccc4)NC(=O)C4(C/C=C/C[C@H]3C2)CCOCC4)cc1F. The van der Waals surface area contributed by atoms with Crippen molar-refractivity contribution >= 4 is 23.4 Å². The van der Waals surface area contributed by atoms with Crippen LogP contribution in [0.1, 0.15) is 43.2 Å². The molecule has 3 aliphatic heterocycles. The molecule has 0 aliphatic carbocycles. The van der Waals surface area contributed by atoms with Gasteiger partial charge in [0.15, 0.2) is 0 Å². The number of carbonyl (C=O) groups is 3. The Morgan fingerprint density at radius 1 is 1.10 bits per heavy atom. The average molecular weight is 577 g/mol. The van der Waals surface area contributed by atoms with Gasteiger partial charge in [0.25, 0.3) is 0 Å². The van der Waals surface area contributed by atoms with Gasteiger partial charge in [-0.25, -0.2) is 4.39 Å². The number of carbonyl (C=O) groups excluding carboxylic acids is 3. The zero-order valence-corrected chi connectivity index (χ0v) is 24.2.